The van der Waals surface area contributed by atoms with Gasteiger partial charge in [-0.15, -0.1) is 0 Å². The largest absolute Gasteiger partial charge is 0.454 e. The third-order valence-electron chi connectivity index (χ3n) is 5.30. The van der Waals surface area contributed by atoms with E-state index in [1.165, 1.54) is 0 Å². The fraction of sp³-hybridized carbons (Fsp3) is 0.611. The number of allylic oxidation sites excluding steroid dienone is 2. The maximum Gasteiger partial charge on any atom is 0.326 e. The number of esters is 1. The number of likely N-dealkylation sites (tertiary alicyclic amines) is 1. The van der Waals surface area contributed by atoms with E-state index in [1.807, 2.05) is 12.2 Å². The highest BCUT2D eigenvalue weighted by Crippen LogP contribution is 2.34. The molecule has 1 N–H and O–H groups in total. The number of amides is 3. The van der Waals surface area contributed by atoms with E-state index in [4.69, 9.17) is 4.74 Å². The molecule has 1 saturated carbocycles. The molecule has 0 aromatic rings. The normalized spacial score (nSPS) is 26.3. The van der Waals surface area contributed by atoms with Crippen molar-refractivity contribution in [2.45, 2.75) is 44.1 Å². The topological polar surface area (TPSA) is 117 Å². The Labute approximate surface area is 151 Å². The molecule has 2 aliphatic carbocycles. The SMILES string of the molecule is N#CC1(NC(=O)COC(=O)CN2C(=O)C3CC=CCC3C2=O)CCCC1. The molecular formula is C18H21N3O5. The van der Waals surface area contributed by atoms with Crippen molar-refractivity contribution < 1.29 is 23.9 Å². The predicted octanol–water partition coefficient (Wildman–Crippen LogP) is 0.433. The van der Waals surface area contributed by atoms with Gasteiger partial charge >= 0.3 is 5.97 Å². The maximum atomic E-state index is 12.3. The van der Waals surface area contributed by atoms with Crippen molar-refractivity contribution in [3.8, 4) is 6.07 Å². The number of ether oxygens (including phenoxy) is 1. The lowest BCUT2D eigenvalue weighted by Gasteiger charge is -2.22. The average molecular weight is 359 g/mol. The second kappa shape index (κ2) is 7.28. The van der Waals surface area contributed by atoms with Gasteiger partial charge < -0.3 is 10.1 Å². The Morgan fingerprint density at radius 2 is 1.77 bits per heavy atom. The summed E-state index contributed by atoms with van der Waals surface area (Å²) in [6, 6.07) is 2.12. The van der Waals surface area contributed by atoms with Crippen LogP contribution in [0.2, 0.25) is 0 Å². The Balaban J connectivity index is 1.49. The second-order valence-corrected chi connectivity index (χ2v) is 7.03. The van der Waals surface area contributed by atoms with Crippen LogP contribution in [0.25, 0.3) is 0 Å². The van der Waals surface area contributed by atoms with Gasteiger partial charge in [0.15, 0.2) is 6.61 Å². The third-order valence-corrected chi connectivity index (χ3v) is 5.30. The Morgan fingerprint density at radius 3 is 2.31 bits per heavy atom. The van der Waals surface area contributed by atoms with E-state index in [0.717, 1.165) is 17.7 Å². The fourth-order valence-corrected chi connectivity index (χ4v) is 3.89. The number of hydrogen-bond acceptors (Lipinski definition) is 6. The van der Waals surface area contributed by atoms with Gasteiger partial charge in [-0.25, -0.2) is 0 Å². The van der Waals surface area contributed by atoms with Crippen LogP contribution in [0.15, 0.2) is 12.2 Å². The van der Waals surface area contributed by atoms with Gasteiger partial charge in [0.05, 0.1) is 17.9 Å². The van der Waals surface area contributed by atoms with Crippen LogP contribution in [0, 0.1) is 23.2 Å². The summed E-state index contributed by atoms with van der Waals surface area (Å²) in [4.78, 5) is 49.4. The molecule has 26 heavy (non-hydrogen) atoms. The van der Waals surface area contributed by atoms with E-state index in [1.54, 1.807) is 0 Å². The number of nitrogens with zero attached hydrogens (tertiary/aromatic N) is 2. The number of rotatable bonds is 5. The smallest absolute Gasteiger partial charge is 0.326 e. The summed E-state index contributed by atoms with van der Waals surface area (Å²) >= 11 is 0. The molecule has 3 rings (SSSR count). The minimum Gasteiger partial charge on any atom is -0.454 e. The highest BCUT2D eigenvalue weighted by Gasteiger charge is 2.47. The van der Waals surface area contributed by atoms with E-state index in [0.29, 0.717) is 25.7 Å². The molecule has 0 aromatic heterocycles. The van der Waals surface area contributed by atoms with Crippen LogP contribution >= 0.6 is 0 Å². The molecule has 2 unspecified atom stereocenters. The van der Waals surface area contributed by atoms with Crippen LogP contribution in [0.1, 0.15) is 38.5 Å². The molecule has 138 valence electrons. The summed E-state index contributed by atoms with van der Waals surface area (Å²) in [5.74, 6) is -2.90. The summed E-state index contributed by atoms with van der Waals surface area (Å²) in [5, 5.41) is 11.8. The predicted molar refractivity (Wildman–Crippen MR) is 88.0 cm³/mol. The van der Waals surface area contributed by atoms with Gasteiger partial charge in [-0.1, -0.05) is 12.2 Å². The molecule has 3 aliphatic rings. The molecular weight excluding hydrogens is 338 g/mol. The van der Waals surface area contributed by atoms with Gasteiger partial charge in [0, 0.05) is 0 Å². The van der Waals surface area contributed by atoms with Crippen LogP contribution in [-0.4, -0.2) is 47.3 Å². The molecule has 1 heterocycles. The summed E-state index contributed by atoms with van der Waals surface area (Å²) < 4.78 is 4.89. The lowest BCUT2D eigenvalue weighted by molar-refractivity contribution is -0.155. The Kier molecular flexibility index (Phi) is 5.07. The van der Waals surface area contributed by atoms with Gasteiger partial charge in [0.25, 0.3) is 5.91 Å². The van der Waals surface area contributed by atoms with Crippen LogP contribution in [-0.2, 0) is 23.9 Å². The molecule has 8 nitrogen and oxygen atoms in total. The van der Waals surface area contributed by atoms with E-state index >= 15 is 0 Å². The van der Waals surface area contributed by atoms with Crippen LogP contribution in [0.3, 0.4) is 0 Å². The standard InChI is InChI=1S/C18H21N3O5/c19-11-18(7-3-4-8-18)20-14(22)10-26-15(23)9-21-16(24)12-5-1-2-6-13(12)17(21)25/h1-2,12-13H,3-10H2,(H,20,22). The van der Waals surface area contributed by atoms with Crippen molar-refractivity contribution in [1.82, 2.24) is 10.2 Å². The number of carbonyl (C=O) groups excluding carboxylic acids is 4. The van der Waals surface area contributed by atoms with Gasteiger partial charge in [0.2, 0.25) is 11.8 Å². The molecule has 8 heteroatoms. The number of fused-ring (bicyclic) bond motifs is 1. The van der Waals surface area contributed by atoms with Crippen molar-refractivity contribution >= 4 is 23.7 Å². The first kappa shape index (κ1) is 18.1. The first-order valence-corrected chi connectivity index (χ1v) is 8.84. The lowest BCUT2D eigenvalue weighted by atomic mass is 9.85. The molecule has 0 radical (unpaired) electrons. The first-order valence-electron chi connectivity index (χ1n) is 8.84. The lowest BCUT2D eigenvalue weighted by Crippen LogP contribution is -2.47. The molecule has 2 fully saturated rings. The number of carbonyl (C=O) groups is 4. The molecule has 3 amide bonds. The zero-order valence-electron chi connectivity index (χ0n) is 14.4. The number of hydrogen-bond donors (Lipinski definition) is 1. The van der Waals surface area contributed by atoms with Crippen molar-refractivity contribution in [2.75, 3.05) is 13.2 Å². The quantitative estimate of drug-likeness (QED) is 0.432. The molecule has 0 spiro atoms. The van der Waals surface area contributed by atoms with Crippen molar-refractivity contribution in [1.29, 1.82) is 5.26 Å². The number of nitriles is 1. The van der Waals surface area contributed by atoms with Crippen molar-refractivity contribution in [2.24, 2.45) is 11.8 Å². The second-order valence-electron chi connectivity index (χ2n) is 7.03. The van der Waals surface area contributed by atoms with Crippen molar-refractivity contribution in [3.05, 3.63) is 12.2 Å². The summed E-state index contributed by atoms with van der Waals surface area (Å²) in [5.41, 5.74) is -0.882. The maximum absolute atomic E-state index is 12.3. The summed E-state index contributed by atoms with van der Waals surface area (Å²) in [6.07, 6.45) is 7.62. The number of imide groups is 1. The zero-order chi connectivity index (χ0) is 18.7. The van der Waals surface area contributed by atoms with E-state index in [2.05, 4.69) is 11.4 Å². The Bertz CT molecular complexity index is 676. The molecule has 0 bridgehead atoms. The molecule has 1 aliphatic heterocycles. The van der Waals surface area contributed by atoms with Gasteiger partial charge in [0.1, 0.15) is 12.1 Å². The summed E-state index contributed by atoms with van der Waals surface area (Å²) in [6.45, 7) is -1.02. The van der Waals surface area contributed by atoms with Crippen LogP contribution < -0.4 is 5.32 Å². The molecule has 0 aromatic carbocycles. The molecule has 1 saturated heterocycles. The minimum absolute atomic E-state index is 0.361. The van der Waals surface area contributed by atoms with Crippen LogP contribution in [0.5, 0.6) is 0 Å². The minimum atomic E-state index is -0.882. The van der Waals surface area contributed by atoms with Gasteiger partial charge in [-0.2, -0.15) is 5.26 Å². The Morgan fingerprint density at radius 1 is 1.19 bits per heavy atom. The summed E-state index contributed by atoms with van der Waals surface area (Å²) in [7, 11) is 0. The average Bonchev–Trinajstić information content (AvgIpc) is 3.20. The third kappa shape index (κ3) is 3.47. The van der Waals surface area contributed by atoms with E-state index in [-0.39, 0.29) is 11.8 Å². The van der Waals surface area contributed by atoms with Crippen LogP contribution in [0.4, 0.5) is 0 Å². The molecule has 2 atom stereocenters. The first-order chi connectivity index (χ1) is 12.5. The monoisotopic (exact) mass is 359 g/mol. The zero-order valence-corrected chi connectivity index (χ0v) is 14.4. The van der Waals surface area contributed by atoms with Gasteiger partial charge in [-0.05, 0) is 38.5 Å². The number of nitrogens with one attached hydrogen (secondary N) is 1. The highest BCUT2D eigenvalue weighted by atomic mass is 16.5. The highest BCUT2D eigenvalue weighted by molar-refractivity contribution is 6.07. The Hall–Kier alpha value is -2.69. The van der Waals surface area contributed by atoms with E-state index < -0.39 is 42.4 Å². The van der Waals surface area contributed by atoms with Crippen molar-refractivity contribution in [3.63, 3.8) is 0 Å². The van der Waals surface area contributed by atoms with E-state index in [9.17, 15) is 24.4 Å². The fourth-order valence-electron chi connectivity index (χ4n) is 3.89. The van der Waals surface area contributed by atoms with Gasteiger partial charge in [-0.3, -0.25) is 24.1 Å².